The van der Waals surface area contributed by atoms with Crippen molar-refractivity contribution in [1.82, 2.24) is 14.9 Å². The molecule has 5 nitrogen and oxygen atoms in total. The number of carbonyl (C=O) groups excluding carboxylic acids is 1. The third-order valence-electron chi connectivity index (χ3n) is 3.54. The van der Waals surface area contributed by atoms with E-state index in [9.17, 15) is 18.0 Å². The fourth-order valence-electron chi connectivity index (χ4n) is 2.45. The molecule has 0 aromatic carbocycles. The lowest BCUT2D eigenvalue weighted by molar-refractivity contribution is -0.141. The molecule has 0 bridgehead atoms. The SMILES string of the molecule is CC(C)(C)OC(=O)N1CCCC(CSc2nccc(C(F)(F)F)n2)C1. The van der Waals surface area contributed by atoms with Gasteiger partial charge in [0.1, 0.15) is 11.3 Å². The van der Waals surface area contributed by atoms with Gasteiger partial charge >= 0.3 is 12.3 Å². The molecular formula is C16H22F3N3O2S. The molecule has 1 aromatic heterocycles. The normalized spacial score (nSPS) is 19.0. The maximum Gasteiger partial charge on any atom is 0.433 e. The molecule has 0 radical (unpaired) electrons. The summed E-state index contributed by atoms with van der Waals surface area (Å²) in [5.41, 5.74) is -1.49. The largest absolute Gasteiger partial charge is 0.444 e. The molecule has 9 heteroatoms. The Bertz CT molecular complexity index is 605. The molecule has 0 saturated carbocycles. The van der Waals surface area contributed by atoms with Gasteiger partial charge in [-0.1, -0.05) is 11.8 Å². The van der Waals surface area contributed by atoms with Gasteiger partial charge in [0.05, 0.1) is 0 Å². The zero-order valence-electron chi connectivity index (χ0n) is 14.5. The molecule has 0 spiro atoms. The molecule has 1 aliphatic heterocycles. The van der Waals surface area contributed by atoms with Crippen LogP contribution in [0.3, 0.4) is 0 Å². The predicted octanol–water partition coefficient (Wildman–Crippen LogP) is 4.23. The first-order valence-corrected chi connectivity index (χ1v) is 9.04. The van der Waals surface area contributed by atoms with Crippen molar-refractivity contribution in [2.75, 3.05) is 18.8 Å². The number of hydrogen-bond donors (Lipinski definition) is 0. The summed E-state index contributed by atoms with van der Waals surface area (Å²) in [5.74, 6) is 0.727. The highest BCUT2D eigenvalue weighted by Gasteiger charge is 2.33. The van der Waals surface area contributed by atoms with E-state index in [0.717, 1.165) is 25.1 Å². The van der Waals surface area contributed by atoms with Crippen LogP contribution in [0.5, 0.6) is 0 Å². The summed E-state index contributed by atoms with van der Waals surface area (Å²) in [6.45, 7) is 6.60. The Hall–Kier alpha value is -1.51. The van der Waals surface area contributed by atoms with Crippen LogP contribution in [0.2, 0.25) is 0 Å². The quantitative estimate of drug-likeness (QED) is 0.583. The summed E-state index contributed by atoms with van der Waals surface area (Å²) in [5, 5.41) is 0.101. The summed E-state index contributed by atoms with van der Waals surface area (Å²) in [4.78, 5) is 21.2. The molecule has 1 amide bonds. The zero-order valence-corrected chi connectivity index (χ0v) is 15.3. The van der Waals surface area contributed by atoms with Crippen molar-refractivity contribution in [3.63, 3.8) is 0 Å². The van der Waals surface area contributed by atoms with Gasteiger partial charge in [-0.3, -0.25) is 0 Å². The minimum Gasteiger partial charge on any atom is -0.444 e. The molecule has 1 aliphatic rings. The predicted molar refractivity (Wildman–Crippen MR) is 88.3 cm³/mol. The van der Waals surface area contributed by atoms with Gasteiger partial charge in [0, 0.05) is 25.0 Å². The van der Waals surface area contributed by atoms with Crippen LogP contribution in [-0.4, -0.2) is 45.4 Å². The Morgan fingerprint density at radius 3 is 2.76 bits per heavy atom. The van der Waals surface area contributed by atoms with Crippen molar-refractivity contribution >= 4 is 17.9 Å². The molecule has 1 saturated heterocycles. The number of alkyl halides is 3. The highest BCUT2D eigenvalue weighted by molar-refractivity contribution is 7.99. The molecule has 2 rings (SSSR count). The number of carbonyl (C=O) groups is 1. The Labute approximate surface area is 149 Å². The van der Waals surface area contributed by atoms with Crippen LogP contribution in [0.1, 0.15) is 39.3 Å². The number of hydrogen-bond acceptors (Lipinski definition) is 5. The zero-order chi connectivity index (χ0) is 18.7. The van der Waals surface area contributed by atoms with Crippen LogP contribution in [0.15, 0.2) is 17.4 Å². The van der Waals surface area contributed by atoms with Gasteiger partial charge in [0.15, 0.2) is 5.16 Å². The Morgan fingerprint density at radius 1 is 1.40 bits per heavy atom. The average molecular weight is 377 g/mol. The van der Waals surface area contributed by atoms with Crippen molar-refractivity contribution < 1.29 is 22.7 Å². The van der Waals surface area contributed by atoms with Gasteiger partial charge in [-0.25, -0.2) is 14.8 Å². The smallest absolute Gasteiger partial charge is 0.433 e. The Morgan fingerprint density at radius 2 is 2.12 bits per heavy atom. The molecule has 1 unspecified atom stereocenters. The topological polar surface area (TPSA) is 55.3 Å². The summed E-state index contributed by atoms with van der Waals surface area (Å²) >= 11 is 1.18. The van der Waals surface area contributed by atoms with Crippen LogP contribution >= 0.6 is 11.8 Å². The number of halogens is 3. The first-order valence-electron chi connectivity index (χ1n) is 8.05. The van der Waals surface area contributed by atoms with Crippen LogP contribution in [-0.2, 0) is 10.9 Å². The molecule has 140 valence electrons. The van der Waals surface area contributed by atoms with E-state index < -0.39 is 17.5 Å². The molecule has 25 heavy (non-hydrogen) atoms. The first kappa shape index (κ1) is 19.8. The van der Waals surface area contributed by atoms with E-state index >= 15 is 0 Å². The third-order valence-corrected chi connectivity index (χ3v) is 4.64. The highest BCUT2D eigenvalue weighted by atomic mass is 32.2. The van der Waals surface area contributed by atoms with E-state index in [4.69, 9.17) is 4.74 Å². The maximum atomic E-state index is 12.7. The van der Waals surface area contributed by atoms with Crippen molar-refractivity contribution in [3.8, 4) is 0 Å². The number of thioether (sulfide) groups is 1. The van der Waals surface area contributed by atoms with Gasteiger partial charge in [-0.2, -0.15) is 13.2 Å². The third kappa shape index (κ3) is 6.37. The number of rotatable bonds is 3. The Kier molecular flexibility index (Phi) is 6.18. The standard InChI is InChI=1S/C16H22F3N3O2S/c1-15(2,3)24-14(23)22-8-4-5-11(9-22)10-25-13-20-7-6-12(21-13)16(17,18)19/h6-7,11H,4-5,8-10H2,1-3H3. The minimum atomic E-state index is -4.48. The molecular weight excluding hydrogens is 355 g/mol. The average Bonchev–Trinajstić information content (AvgIpc) is 2.51. The van der Waals surface area contributed by atoms with E-state index in [1.54, 1.807) is 4.90 Å². The van der Waals surface area contributed by atoms with E-state index in [1.165, 1.54) is 11.8 Å². The van der Waals surface area contributed by atoms with Crippen molar-refractivity contribution in [1.29, 1.82) is 0 Å². The van der Waals surface area contributed by atoms with Crippen LogP contribution in [0, 0.1) is 5.92 Å². The summed E-state index contributed by atoms with van der Waals surface area (Å²) in [6, 6.07) is 0.856. The van der Waals surface area contributed by atoms with Crippen LogP contribution in [0.4, 0.5) is 18.0 Å². The van der Waals surface area contributed by atoms with Gasteiger partial charge in [-0.05, 0) is 45.6 Å². The fourth-order valence-corrected chi connectivity index (χ4v) is 3.41. The van der Waals surface area contributed by atoms with Crippen molar-refractivity contribution in [2.24, 2.45) is 5.92 Å². The molecule has 2 heterocycles. The summed E-state index contributed by atoms with van der Waals surface area (Å²) < 4.78 is 43.4. The lowest BCUT2D eigenvalue weighted by Crippen LogP contribution is -2.43. The van der Waals surface area contributed by atoms with Crippen LogP contribution in [0.25, 0.3) is 0 Å². The monoisotopic (exact) mass is 377 g/mol. The van der Waals surface area contributed by atoms with Gasteiger partial charge in [-0.15, -0.1) is 0 Å². The molecule has 1 aromatic rings. The van der Waals surface area contributed by atoms with E-state index in [2.05, 4.69) is 9.97 Å². The van der Waals surface area contributed by atoms with E-state index in [0.29, 0.717) is 18.8 Å². The molecule has 1 atom stereocenters. The molecule has 1 fully saturated rings. The number of aromatic nitrogens is 2. The molecule has 0 N–H and O–H groups in total. The van der Waals surface area contributed by atoms with Crippen LogP contribution < -0.4 is 0 Å². The van der Waals surface area contributed by atoms with E-state index in [-0.39, 0.29) is 17.2 Å². The number of amides is 1. The summed E-state index contributed by atoms with van der Waals surface area (Å²) in [6.07, 6.45) is -1.96. The second-order valence-electron chi connectivity index (χ2n) is 6.97. The van der Waals surface area contributed by atoms with Crippen molar-refractivity contribution in [3.05, 3.63) is 18.0 Å². The fraction of sp³-hybridized carbons (Fsp3) is 0.688. The number of likely N-dealkylation sites (tertiary alicyclic amines) is 1. The lowest BCUT2D eigenvalue weighted by Gasteiger charge is -2.33. The van der Waals surface area contributed by atoms with Crippen molar-refractivity contribution in [2.45, 2.75) is 50.5 Å². The second-order valence-corrected chi connectivity index (χ2v) is 7.95. The van der Waals surface area contributed by atoms with Gasteiger partial charge in [0.25, 0.3) is 0 Å². The second kappa shape index (κ2) is 7.80. The first-order chi connectivity index (χ1) is 11.5. The van der Waals surface area contributed by atoms with Gasteiger partial charge in [0.2, 0.25) is 0 Å². The van der Waals surface area contributed by atoms with E-state index in [1.807, 2.05) is 20.8 Å². The molecule has 0 aliphatic carbocycles. The summed E-state index contributed by atoms with van der Waals surface area (Å²) in [7, 11) is 0. The maximum absolute atomic E-state index is 12.7. The minimum absolute atomic E-state index is 0.101. The highest BCUT2D eigenvalue weighted by Crippen LogP contribution is 2.29. The van der Waals surface area contributed by atoms with Gasteiger partial charge < -0.3 is 9.64 Å². The Balaban J connectivity index is 1.90. The number of ether oxygens (including phenoxy) is 1. The number of nitrogens with zero attached hydrogens (tertiary/aromatic N) is 3. The number of piperidine rings is 1. The lowest BCUT2D eigenvalue weighted by atomic mass is 10.0.